The zero-order chi connectivity index (χ0) is 15.9. The summed E-state index contributed by atoms with van der Waals surface area (Å²) in [5, 5.41) is 8.83. The fraction of sp³-hybridized carbons (Fsp3) is 0. The van der Waals surface area contributed by atoms with Gasteiger partial charge in [0.15, 0.2) is 0 Å². The highest BCUT2D eigenvalue weighted by molar-refractivity contribution is 8.02. The molecule has 1 aromatic heterocycles. The molecule has 2 nitrogen and oxygen atoms in total. The number of carbonyl (C=O) groups excluding carboxylic acids is 1. The normalized spacial score (nSPS) is 11.2. The van der Waals surface area contributed by atoms with Gasteiger partial charge in [0, 0.05) is 10.6 Å². The SMILES string of the molecule is O=C(Nc1ccccc1)C(=CSc1ccccc1)c1ccsc1. The second-order valence-corrected chi connectivity index (χ2v) is 6.52. The molecule has 0 aliphatic rings. The van der Waals surface area contributed by atoms with E-state index in [-0.39, 0.29) is 5.91 Å². The van der Waals surface area contributed by atoms with Gasteiger partial charge in [0.1, 0.15) is 0 Å². The number of para-hydroxylation sites is 1. The first-order chi connectivity index (χ1) is 11.3. The lowest BCUT2D eigenvalue weighted by atomic mass is 10.1. The molecule has 0 atom stereocenters. The van der Waals surface area contributed by atoms with Crippen LogP contribution in [-0.2, 0) is 4.79 Å². The summed E-state index contributed by atoms with van der Waals surface area (Å²) >= 11 is 3.13. The van der Waals surface area contributed by atoms with E-state index in [1.165, 1.54) is 0 Å². The van der Waals surface area contributed by atoms with E-state index in [1.54, 1.807) is 23.1 Å². The lowest BCUT2D eigenvalue weighted by Crippen LogP contribution is -2.13. The Morgan fingerprint density at radius 3 is 2.30 bits per heavy atom. The number of rotatable bonds is 5. The van der Waals surface area contributed by atoms with E-state index < -0.39 is 0 Å². The Labute approximate surface area is 143 Å². The van der Waals surface area contributed by atoms with Gasteiger partial charge in [-0.25, -0.2) is 0 Å². The van der Waals surface area contributed by atoms with Crippen LogP contribution in [0.15, 0.2) is 87.8 Å². The maximum atomic E-state index is 12.6. The maximum Gasteiger partial charge on any atom is 0.256 e. The van der Waals surface area contributed by atoms with Crippen molar-refractivity contribution in [3.8, 4) is 0 Å². The summed E-state index contributed by atoms with van der Waals surface area (Å²) in [4.78, 5) is 13.7. The summed E-state index contributed by atoms with van der Waals surface area (Å²) in [6, 6.07) is 21.5. The molecule has 114 valence electrons. The second-order valence-electron chi connectivity index (χ2n) is 4.79. The van der Waals surface area contributed by atoms with Crippen molar-refractivity contribution in [1.82, 2.24) is 0 Å². The van der Waals surface area contributed by atoms with Crippen LogP contribution in [0.3, 0.4) is 0 Å². The van der Waals surface area contributed by atoms with Crippen LogP contribution in [0.4, 0.5) is 5.69 Å². The zero-order valence-corrected chi connectivity index (χ0v) is 13.9. The van der Waals surface area contributed by atoms with Gasteiger partial charge in [-0.2, -0.15) is 11.3 Å². The average molecular weight is 337 g/mol. The quantitative estimate of drug-likeness (QED) is 0.490. The molecular formula is C19H15NOS2. The number of benzene rings is 2. The molecule has 3 rings (SSSR count). The number of thioether (sulfide) groups is 1. The van der Waals surface area contributed by atoms with Gasteiger partial charge < -0.3 is 5.32 Å². The molecule has 0 spiro atoms. The summed E-state index contributed by atoms with van der Waals surface area (Å²) in [6.07, 6.45) is 0. The van der Waals surface area contributed by atoms with Gasteiger partial charge in [-0.15, -0.1) is 0 Å². The molecular weight excluding hydrogens is 322 g/mol. The average Bonchev–Trinajstić information content (AvgIpc) is 3.11. The van der Waals surface area contributed by atoms with Crippen molar-refractivity contribution in [3.63, 3.8) is 0 Å². The zero-order valence-electron chi connectivity index (χ0n) is 12.3. The number of anilines is 1. The van der Waals surface area contributed by atoms with Gasteiger partial charge in [0.05, 0.1) is 5.57 Å². The minimum Gasteiger partial charge on any atom is -0.322 e. The van der Waals surface area contributed by atoms with E-state index in [2.05, 4.69) is 5.32 Å². The fourth-order valence-electron chi connectivity index (χ4n) is 2.02. The lowest BCUT2D eigenvalue weighted by molar-refractivity contribution is -0.111. The van der Waals surface area contributed by atoms with E-state index in [4.69, 9.17) is 0 Å². The first-order valence-electron chi connectivity index (χ1n) is 7.14. The number of hydrogen-bond donors (Lipinski definition) is 1. The van der Waals surface area contributed by atoms with E-state index in [9.17, 15) is 4.79 Å². The predicted octanol–water partition coefficient (Wildman–Crippen LogP) is 5.52. The molecule has 1 amide bonds. The van der Waals surface area contributed by atoms with Crippen LogP contribution in [0.1, 0.15) is 5.56 Å². The fourth-order valence-corrected chi connectivity index (χ4v) is 3.48. The Morgan fingerprint density at radius 1 is 0.957 bits per heavy atom. The standard InChI is InChI=1S/C19H15NOS2/c21-19(20-16-7-3-1-4-8-16)18(15-11-12-22-13-15)14-23-17-9-5-2-6-10-17/h1-14H,(H,20,21). The Bertz CT molecular complexity index is 781. The van der Waals surface area contributed by atoms with Crippen molar-refractivity contribution in [2.75, 3.05) is 5.32 Å². The van der Waals surface area contributed by atoms with Gasteiger partial charge in [-0.05, 0) is 52.1 Å². The Hall–Kier alpha value is -2.30. The smallest absolute Gasteiger partial charge is 0.256 e. The van der Waals surface area contributed by atoms with Crippen LogP contribution in [0, 0.1) is 0 Å². The molecule has 0 unspecified atom stereocenters. The molecule has 0 fully saturated rings. The molecule has 0 aliphatic heterocycles. The van der Waals surface area contributed by atoms with Gasteiger partial charge in [0.25, 0.3) is 5.91 Å². The molecule has 0 saturated carbocycles. The van der Waals surface area contributed by atoms with Gasteiger partial charge >= 0.3 is 0 Å². The first-order valence-corrected chi connectivity index (χ1v) is 8.96. The Morgan fingerprint density at radius 2 is 1.65 bits per heavy atom. The Kier molecular flexibility index (Phi) is 5.29. The number of amides is 1. The summed E-state index contributed by atoms with van der Waals surface area (Å²) in [5.41, 5.74) is 2.40. The third kappa shape index (κ3) is 4.34. The third-order valence-corrected chi connectivity index (χ3v) is 4.75. The first kappa shape index (κ1) is 15.6. The van der Waals surface area contributed by atoms with Crippen LogP contribution in [-0.4, -0.2) is 5.91 Å². The van der Waals surface area contributed by atoms with Gasteiger partial charge in [0.2, 0.25) is 0 Å². The maximum absolute atomic E-state index is 12.6. The van der Waals surface area contributed by atoms with Crippen LogP contribution < -0.4 is 5.32 Å². The largest absolute Gasteiger partial charge is 0.322 e. The van der Waals surface area contributed by atoms with Crippen molar-refractivity contribution in [2.45, 2.75) is 4.90 Å². The van der Waals surface area contributed by atoms with Crippen molar-refractivity contribution in [3.05, 3.63) is 88.5 Å². The molecule has 1 heterocycles. The van der Waals surface area contributed by atoms with Crippen LogP contribution in [0.25, 0.3) is 5.57 Å². The van der Waals surface area contributed by atoms with E-state index in [0.29, 0.717) is 5.57 Å². The second kappa shape index (κ2) is 7.81. The van der Waals surface area contributed by atoms with Crippen LogP contribution in [0.5, 0.6) is 0 Å². The molecule has 2 aromatic carbocycles. The predicted molar refractivity (Wildman–Crippen MR) is 99.7 cm³/mol. The summed E-state index contributed by atoms with van der Waals surface area (Å²) < 4.78 is 0. The summed E-state index contributed by atoms with van der Waals surface area (Å²) in [7, 11) is 0. The van der Waals surface area contributed by atoms with Crippen LogP contribution >= 0.6 is 23.1 Å². The van der Waals surface area contributed by atoms with Crippen molar-refractivity contribution < 1.29 is 4.79 Å². The van der Waals surface area contributed by atoms with Crippen molar-refractivity contribution in [2.24, 2.45) is 0 Å². The number of carbonyl (C=O) groups is 1. The highest BCUT2D eigenvalue weighted by Gasteiger charge is 2.13. The number of nitrogens with one attached hydrogen (secondary N) is 1. The molecule has 0 radical (unpaired) electrons. The van der Waals surface area contributed by atoms with Crippen molar-refractivity contribution in [1.29, 1.82) is 0 Å². The molecule has 23 heavy (non-hydrogen) atoms. The van der Waals surface area contributed by atoms with Gasteiger partial charge in [-0.3, -0.25) is 4.79 Å². The molecule has 0 bridgehead atoms. The highest BCUT2D eigenvalue weighted by Crippen LogP contribution is 2.27. The molecule has 4 heteroatoms. The monoisotopic (exact) mass is 337 g/mol. The number of hydrogen-bond acceptors (Lipinski definition) is 3. The minimum absolute atomic E-state index is 0.0990. The lowest BCUT2D eigenvalue weighted by Gasteiger charge is -2.08. The number of thiophene rings is 1. The molecule has 1 N–H and O–H groups in total. The minimum atomic E-state index is -0.0990. The van der Waals surface area contributed by atoms with Crippen molar-refractivity contribution >= 4 is 40.3 Å². The third-order valence-electron chi connectivity index (χ3n) is 3.16. The Balaban J connectivity index is 1.82. The van der Waals surface area contributed by atoms with Gasteiger partial charge in [-0.1, -0.05) is 48.2 Å². The molecule has 0 aliphatic carbocycles. The summed E-state index contributed by atoms with van der Waals surface area (Å²) in [6.45, 7) is 0. The summed E-state index contributed by atoms with van der Waals surface area (Å²) in [5.74, 6) is -0.0990. The molecule has 0 saturated heterocycles. The van der Waals surface area contributed by atoms with E-state index >= 15 is 0 Å². The van der Waals surface area contributed by atoms with E-state index in [1.807, 2.05) is 82.9 Å². The van der Waals surface area contributed by atoms with E-state index in [0.717, 1.165) is 16.1 Å². The topological polar surface area (TPSA) is 29.1 Å². The highest BCUT2D eigenvalue weighted by atomic mass is 32.2. The van der Waals surface area contributed by atoms with Crippen LogP contribution in [0.2, 0.25) is 0 Å². The molecule has 3 aromatic rings.